The second-order valence-corrected chi connectivity index (χ2v) is 3.87. The van der Waals surface area contributed by atoms with E-state index in [2.05, 4.69) is 5.32 Å². The molecule has 2 N–H and O–H groups in total. The third kappa shape index (κ3) is 1.50. The Balaban J connectivity index is 2.60. The highest BCUT2D eigenvalue weighted by atomic mass is 35.5. The standard InChI is InChI=1S/C9H9Cl2NO/c10-7-3-5-1-2-12-4-6(5)8(11)9(7)13/h3,12-13H,1-2,4H2. The van der Waals surface area contributed by atoms with Gasteiger partial charge in [-0.1, -0.05) is 23.2 Å². The lowest BCUT2D eigenvalue weighted by Crippen LogP contribution is -2.23. The molecule has 13 heavy (non-hydrogen) atoms. The predicted octanol–water partition coefficient (Wildman–Crippen LogP) is 2.34. The van der Waals surface area contributed by atoms with Gasteiger partial charge < -0.3 is 10.4 Å². The first-order chi connectivity index (χ1) is 6.20. The fourth-order valence-electron chi connectivity index (χ4n) is 1.55. The lowest BCUT2D eigenvalue weighted by molar-refractivity contribution is 0.473. The van der Waals surface area contributed by atoms with Crippen LogP contribution < -0.4 is 5.32 Å². The van der Waals surface area contributed by atoms with E-state index in [1.54, 1.807) is 6.07 Å². The van der Waals surface area contributed by atoms with E-state index in [9.17, 15) is 5.11 Å². The number of phenols is 1. The van der Waals surface area contributed by atoms with Crippen LogP contribution in [0.25, 0.3) is 0 Å². The van der Waals surface area contributed by atoms with Crippen LogP contribution >= 0.6 is 23.2 Å². The van der Waals surface area contributed by atoms with Gasteiger partial charge in [0.2, 0.25) is 0 Å². The zero-order chi connectivity index (χ0) is 9.42. The van der Waals surface area contributed by atoms with Crippen molar-refractivity contribution in [2.24, 2.45) is 0 Å². The molecule has 1 aromatic rings. The summed E-state index contributed by atoms with van der Waals surface area (Å²) in [4.78, 5) is 0. The number of fused-ring (bicyclic) bond motifs is 1. The number of rotatable bonds is 0. The molecule has 2 rings (SSSR count). The van der Waals surface area contributed by atoms with Gasteiger partial charge in [0.05, 0.1) is 10.0 Å². The molecular formula is C9H9Cl2NO. The number of hydrogen-bond acceptors (Lipinski definition) is 2. The van der Waals surface area contributed by atoms with Gasteiger partial charge in [0, 0.05) is 6.54 Å². The average molecular weight is 218 g/mol. The monoisotopic (exact) mass is 217 g/mol. The van der Waals surface area contributed by atoms with E-state index in [0.29, 0.717) is 16.6 Å². The Hall–Kier alpha value is -0.440. The molecule has 0 spiro atoms. The number of phenolic OH excluding ortho intramolecular Hbond substituents is 1. The van der Waals surface area contributed by atoms with E-state index in [1.165, 1.54) is 0 Å². The van der Waals surface area contributed by atoms with Crippen LogP contribution in [-0.4, -0.2) is 11.7 Å². The molecule has 1 heterocycles. The molecule has 0 unspecified atom stereocenters. The minimum atomic E-state index is -0.00853. The predicted molar refractivity (Wildman–Crippen MR) is 53.5 cm³/mol. The quantitative estimate of drug-likeness (QED) is 0.700. The van der Waals surface area contributed by atoms with Crippen molar-refractivity contribution in [2.45, 2.75) is 13.0 Å². The van der Waals surface area contributed by atoms with Gasteiger partial charge in [-0.15, -0.1) is 0 Å². The van der Waals surface area contributed by atoms with Crippen LogP contribution in [0, 0.1) is 0 Å². The first-order valence-corrected chi connectivity index (χ1v) is 4.85. The fourth-order valence-corrected chi connectivity index (χ4v) is 2.11. The Kier molecular flexibility index (Phi) is 2.37. The molecule has 0 aromatic heterocycles. The highest BCUT2D eigenvalue weighted by molar-refractivity contribution is 6.37. The van der Waals surface area contributed by atoms with E-state index >= 15 is 0 Å². The van der Waals surface area contributed by atoms with Crippen molar-refractivity contribution >= 4 is 23.2 Å². The largest absolute Gasteiger partial charge is 0.505 e. The van der Waals surface area contributed by atoms with Crippen molar-refractivity contribution in [1.29, 1.82) is 0 Å². The molecule has 0 fully saturated rings. The van der Waals surface area contributed by atoms with Gasteiger partial charge in [-0.2, -0.15) is 0 Å². The van der Waals surface area contributed by atoms with E-state index in [1.807, 2.05) is 0 Å². The van der Waals surface area contributed by atoms with Crippen molar-refractivity contribution in [3.63, 3.8) is 0 Å². The van der Waals surface area contributed by atoms with Crippen molar-refractivity contribution < 1.29 is 5.11 Å². The van der Waals surface area contributed by atoms with Crippen LogP contribution in [0.4, 0.5) is 0 Å². The van der Waals surface area contributed by atoms with E-state index in [-0.39, 0.29) is 5.75 Å². The van der Waals surface area contributed by atoms with Crippen LogP contribution in [0.15, 0.2) is 6.07 Å². The summed E-state index contributed by atoms with van der Waals surface area (Å²) in [5.74, 6) is -0.00853. The van der Waals surface area contributed by atoms with Crippen LogP contribution in [0.5, 0.6) is 5.75 Å². The zero-order valence-electron chi connectivity index (χ0n) is 6.90. The fraction of sp³-hybridized carbons (Fsp3) is 0.333. The van der Waals surface area contributed by atoms with Crippen LogP contribution in [-0.2, 0) is 13.0 Å². The van der Waals surface area contributed by atoms with E-state index in [0.717, 1.165) is 24.1 Å². The molecule has 0 saturated carbocycles. The molecule has 0 radical (unpaired) electrons. The summed E-state index contributed by atoms with van der Waals surface area (Å²) >= 11 is 11.7. The molecule has 0 aliphatic carbocycles. The van der Waals surface area contributed by atoms with Crippen molar-refractivity contribution in [3.05, 3.63) is 27.2 Å². The van der Waals surface area contributed by atoms with Crippen molar-refractivity contribution in [3.8, 4) is 5.75 Å². The molecule has 0 atom stereocenters. The van der Waals surface area contributed by atoms with Gasteiger partial charge >= 0.3 is 0 Å². The first kappa shape index (κ1) is 9.13. The summed E-state index contributed by atoms with van der Waals surface area (Å²) in [5.41, 5.74) is 2.10. The molecule has 0 amide bonds. The van der Waals surface area contributed by atoms with Gasteiger partial charge in [0.1, 0.15) is 0 Å². The topological polar surface area (TPSA) is 32.3 Å². The van der Waals surface area contributed by atoms with Gasteiger partial charge in [0.25, 0.3) is 0 Å². The molecule has 1 aliphatic heterocycles. The van der Waals surface area contributed by atoms with Crippen LogP contribution in [0.3, 0.4) is 0 Å². The maximum Gasteiger partial charge on any atom is 0.153 e. The minimum Gasteiger partial charge on any atom is -0.505 e. The average Bonchev–Trinajstić information content (AvgIpc) is 2.15. The third-order valence-electron chi connectivity index (χ3n) is 2.26. The number of nitrogens with one attached hydrogen (secondary N) is 1. The number of aromatic hydroxyl groups is 1. The molecule has 0 saturated heterocycles. The van der Waals surface area contributed by atoms with Crippen LogP contribution in [0.2, 0.25) is 10.0 Å². The summed E-state index contributed by atoms with van der Waals surface area (Å²) < 4.78 is 0. The zero-order valence-corrected chi connectivity index (χ0v) is 8.41. The molecule has 1 aromatic carbocycles. The Bertz CT molecular complexity index is 352. The number of halogens is 2. The highest BCUT2D eigenvalue weighted by Crippen LogP contribution is 2.37. The van der Waals surface area contributed by atoms with Gasteiger partial charge in [-0.3, -0.25) is 0 Å². The summed E-state index contributed by atoms with van der Waals surface area (Å²) in [6.45, 7) is 1.64. The SMILES string of the molecule is Oc1c(Cl)cc2c(c1Cl)CNCC2. The Morgan fingerprint density at radius 1 is 1.38 bits per heavy atom. The van der Waals surface area contributed by atoms with Crippen molar-refractivity contribution in [2.75, 3.05) is 6.54 Å². The first-order valence-electron chi connectivity index (χ1n) is 4.09. The Morgan fingerprint density at radius 2 is 2.15 bits per heavy atom. The smallest absolute Gasteiger partial charge is 0.153 e. The summed E-state index contributed by atoms with van der Waals surface area (Å²) in [6, 6.07) is 1.79. The lowest BCUT2D eigenvalue weighted by atomic mass is 10.0. The maximum atomic E-state index is 9.47. The number of benzene rings is 1. The molecule has 70 valence electrons. The van der Waals surface area contributed by atoms with Crippen LogP contribution in [0.1, 0.15) is 11.1 Å². The van der Waals surface area contributed by atoms with Crippen molar-refractivity contribution in [1.82, 2.24) is 5.32 Å². The second kappa shape index (κ2) is 3.37. The van der Waals surface area contributed by atoms with E-state index < -0.39 is 0 Å². The Morgan fingerprint density at radius 3 is 2.92 bits per heavy atom. The Labute approximate surface area is 86.5 Å². The van der Waals surface area contributed by atoms with E-state index in [4.69, 9.17) is 23.2 Å². The molecule has 1 aliphatic rings. The minimum absolute atomic E-state index is 0.00853. The van der Waals surface area contributed by atoms with Gasteiger partial charge in [0.15, 0.2) is 5.75 Å². The van der Waals surface area contributed by atoms with Gasteiger partial charge in [-0.05, 0) is 30.2 Å². The summed E-state index contributed by atoms with van der Waals surface area (Å²) in [7, 11) is 0. The summed E-state index contributed by atoms with van der Waals surface area (Å²) in [6.07, 6.45) is 0.912. The maximum absolute atomic E-state index is 9.47. The second-order valence-electron chi connectivity index (χ2n) is 3.09. The van der Waals surface area contributed by atoms with Gasteiger partial charge in [-0.25, -0.2) is 0 Å². The molecule has 2 nitrogen and oxygen atoms in total. The molecule has 0 bridgehead atoms. The number of hydrogen-bond donors (Lipinski definition) is 2. The normalized spacial score (nSPS) is 15.5. The highest BCUT2D eigenvalue weighted by Gasteiger charge is 2.17. The molecule has 4 heteroatoms. The summed E-state index contributed by atoms with van der Waals surface area (Å²) in [5, 5.41) is 13.4. The molecular weight excluding hydrogens is 209 g/mol. The lowest BCUT2D eigenvalue weighted by Gasteiger charge is -2.19. The third-order valence-corrected chi connectivity index (χ3v) is 2.96.